The van der Waals surface area contributed by atoms with E-state index in [2.05, 4.69) is 16.3 Å². The second kappa shape index (κ2) is 12.8. The van der Waals surface area contributed by atoms with E-state index in [0.29, 0.717) is 70.2 Å². The van der Waals surface area contributed by atoms with Gasteiger partial charge in [-0.25, -0.2) is 4.79 Å². The summed E-state index contributed by atoms with van der Waals surface area (Å²) in [5, 5.41) is 37.0. The number of thioether (sulfide) groups is 1. The van der Waals surface area contributed by atoms with Crippen LogP contribution in [0.1, 0.15) is 68.8 Å². The predicted octanol–water partition coefficient (Wildman–Crippen LogP) is 3.99. The number of esters is 2. The maximum absolute atomic E-state index is 14.9. The molecule has 55 heavy (non-hydrogen) atoms. The quantitative estimate of drug-likeness (QED) is 0.258. The van der Waals surface area contributed by atoms with Crippen LogP contribution >= 0.6 is 11.8 Å². The summed E-state index contributed by atoms with van der Waals surface area (Å²) < 4.78 is 36.1. The number of nitriles is 1. The molecule has 15 heteroatoms. The second-order valence-electron chi connectivity index (χ2n) is 15.1. The molecule has 0 saturated carbocycles. The Morgan fingerprint density at radius 1 is 1.05 bits per heavy atom. The SMILES string of the molecule is COc1cc2c(cc1O)CCN(C)[C@]21CS[C@@H]2c3c(OC(C)=O)c(C)c4c(c3[C@H](COC1=O)N1C2[C@@H]2NC(Cc3cc(C)c(OC)c(O)c32)[C@@H]1C#N)OCO4. The van der Waals surface area contributed by atoms with Gasteiger partial charge in [0.2, 0.25) is 6.79 Å². The molecule has 2 saturated heterocycles. The number of nitrogens with one attached hydrogen (secondary N) is 1. The van der Waals surface area contributed by atoms with E-state index in [9.17, 15) is 25.1 Å². The van der Waals surface area contributed by atoms with Gasteiger partial charge in [0.25, 0.3) is 0 Å². The molecular weight excluding hydrogens is 729 g/mol. The number of fused-ring (bicyclic) bond motifs is 9. The van der Waals surface area contributed by atoms with Crippen LogP contribution in [0.2, 0.25) is 0 Å². The fraction of sp³-hybridized carbons (Fsp3) is 0.475. The van der Waals surface area contributed by atoms with Crippen molar-refractivity contribution in [1.82, 2.24) is 15.1 Å². The molecule has 4 bridgehead atoms. The third-order valence-electron chi connectivity index (χ3n) is 12.4. The number of likely N-dealkylation sites (N-methyl/N-ethyl adjacent to an activating group) is 1. The highest BCUT2D eigenvalue weighted by molar-refractivity contribution is 7.99. The molecule has 0 radical (unpaired) electrons. The van der Waals surface area contributed by atoms with Crippen molar-refractivity contribution in [3.63, 3.8) is 0 Å². The van der Waals surface area contributed by atoms with Gasteiger partial charge in [-0.05, 0) is 68.1 Å². The van der Waals surface area contributed by atoms with Crippen molar-refractivity contribution in [2.24, 2.45) is 0 Å². The zero-order valence-corrected chi connectivity index (χ0v) is 32.2. The van der Waals surface area contributed by atoms with Gasteiger partial charge in [-0.1, -0.05) is 6.07 Å². The van der Waals surface area contributed by atoms with Crippen LogP contribution in [-0.4, -0.2) is 97.0 Å². The number of aromatic hydroxyl groups is 2. The van der Waals surface area contributed by atoms with Crippen LogP contribution in [0, 0.1) is 25.2 Å². The molecule has 10 rings (SSSR count). The van der Waals surface area contributed by atoms with Gasteiger partial charge in [0.1, 0.15) is 18.4 Å². The molecule has 3 aromatic carbocycles. The first kappa shape index (κ1) is 35.8. The number of methoxy groups -OCH3 is 2. The summed E-state index contributed by atoms with van der Waals surface area (Å²) in [6, 6.07) is 5.13. The van der Waals surface area contributed by atoms with Crippen LogP contribution in [0.4, 0.5) is 0 Å². The molecule has 2 unspecified atom stereocenters. The minimum absolute atomic E-state index is 0.0187. The summed E-state index contributed by atoms with van der Waals surface area (Å²) in [7, 11) is 4.89. The molecule has 288 valence electrons. The number of aryl methyl sites for hydroxylation is 1. The maximum atomic E-state index is 14.9. The monoisotopic (exact) mass is 770 g/mol. The molecule has 3 aromatic rings. The van der Waals surface area contributed by atoms with Crippen LogP contribution < -0.4 is 29.0 Å². The molecule has 7 aliphatic rings. The third kappa shape index (κ3) is 4.90. The standard InChI is InChI=1S/C40H42N4O10S/c1-17-9-21-10-23-24(13-41)44-25-14-51-39(48)40(22-12-27(49-5)26(46)11-20(22)7-8-43(40)4)15-55-38(32(44)31(42-23)28(21)33(47)34(17)50-6)30-29(25)37-36(52-16-53-37)18(2)35(30)54-19(3)45/h9,11-12,23-25,31-32,38,42,46-47H,7-8,10,14-16H2,1-6H3/t23?,24-,25-,31+,32?,38+,40+/m0/s1. The van der Waals surface area contributed by atoms with Gasteiger partial charge < -0.3 is 44.0 Å². The van der Waals surface area contributed by atoms with Gasteiger partial charge in [-0.15, -0.1) is 11.8 Å². The van der Waals surface area contributed by atoms with Crippen LogP contribution in [0.25, 0.3) is 0 Å². The molecule has 14 nitrogen and oxygen atoms in total. The number of hydrogen-bond acceptors (Lipinski definition) is 15. The summed E-state index contributed by atoms with van der Waals surface area (Å²) in [4.78, 5) is 32.0. The largest absolute Gasteiger partial charge is 0.504 e. The highest BCUT2D eigenvalue weighted by Crippen LogP contribution is 2.63. The number of benzene rings is 3. The lowest BCUT2D eigenvalue weighted by molar-refractivity contribution is -0.161. The lowest BCUT2D eigenvalue weighted by Gasteiger charge is -2.59. The van der Waals surface area contributed by atoms with Crippen LogP contribution in [0.3, 0.4) is 0 Å². The molecule has 0 aromatic heterocycles. The fourth-order valence-corrected chi connectivity index (χ4v) is 11.9. The van der Waals surface area contributed by atoms with Gasteiger partial charge in [0, 0.05) is 53.6 Å². The van der Waals surface area contributed by atoms with Crippen LogP contribution in [0.5, 0.6) is 40.2 Å². The van der Waals surface area contributed by atoms with E-state index in [-0.39, 0.29) is 42.4 Å². The lowest BCUT2D eigenvalue weighted by Crippen LogP contribution is -2.69. The minimum atomic E-state index is -1.32. The van der Waals surface area contributed by atoms with Crippen LogP contribution in [-0.2, 0) is 32.7 Å². The molecule has 3 N–H and O–H groups in total. The molecule has 1 spiro atoms. The molecule has 7 aliphatic heterocycles. The maximum Gasteiger partial charge on any atom is 0.332 e. The Morgan fingerprint density at radius 2 is 1.84 bits per heavy atom. The Morgan fingerprint density at radius 3 is 2.56 bits per heavy atom. The first-order valence-electron chi connectivity index (χ1n) is 18.3. The normalized spacial score (nSPS) is 28.9. The average Bonchev–Trinajstić information content (AvgIpc) is 3.65. The van der Waals surface area contributed by atoms with Gasteiger partial charge in [-0.3, -0.25) is 14.6 Å². The molecule has 7 heterocycles. The van der Waals surface area contributed by atoms with Crippen molar-refractivity contribution >= 4 is 23.7 Å². The molecule has 7 atom stereocenters. The summed E-state index contributed by atoms with van der Waals surface area (Å²) in [5.74, 6) is 1.01. The van der Waals surface area contributed by atoms with E-state index in [0.717, 1.165) is 16.7 Å². The Labute approximate surface area is 322 Å². The van der Waals surface area contributed by atoms with Crippen molar-refractivity contribution in [2.45, 2.75) is 74.6 Å². The Bertz CT molecular complexity index is 2220. The summed E-state index contributed by atoms with van der Waals surface area (Å²) >= 11 is 1.49. The summed E-state index contributed by atoms with van der Waals surface area (Å²) in [5.41, 5.74) is 4.44. The van der Waals surface area contributed by atoms with Crippen LogP contribution in [0.15, 0.2) is 18.2 Å². The number of phenolic OH excluding ortho intramolecular Hbond substituents is 2. The molecule has 0 aliphatic carbocycles. The zero-order valence-electron chi connectivity index (χ0n) is 31.3. The second-order valence-corrected chi connectivity index (χ2v) is 16.2. The molecule has 2 fully saturated rings. The van der Waals surface area contributed by atoms with E-state index in [1.165, 1.54) is 32.9 Å². The van der Waals surface area contributed by atoms with Crippen molar-refractivity contribution < 1.29 is 48.2 Å². The number of carbonyl (C=O) groups excluding carboxylic acids is 2. The van der Waals surface area contributed by atoms with E-state index in [1.54, 1.807) is 12.1 Å². The summed E-state index contributed by atoms with van der Waals surface area (Å²) in [6.07, 6.45) is 1.05. The third-order valence-corrected chi connectivity index (χ3v) is 13.9. The Balaban J connectivity index is 1.33. The van der Waals surface area contributed by atoms with Gasteiger partial charge in [0.15, 0.2) is 40.0 Å². The number of phenols is 2. The van der Waals surface area contributed by atoms with Crippen molar-refractivity contribution in [1.29, 1.82) is 5.26 Å². The number of hydrogen-bond donors (Lipinski definition) is 3. The van der Waals surface area contributed by atoms with Gasteiger partial charge >= 0.3 is 11.9 Å². The van der Waals surface area contributed by atoms with E-state index < -0.39 is 46.9 Å². The van der Waals surface area contributed by atoms with Crippen molar-refractivity contribution in [3.8, 4) is 46.3 Å². The van der Waals surface area contributed by atoms with E-state index >= 15 is 0 Å². The summed E-state index contributed by atoms with van der Waals surface area (Å²) in [6.45, 7) is 5.34. The zero-order chi connectivity index (χ0) is 38.7. The van der Waals surface area contributed by atoms with Crippen molar-refractivity contribution in [2.75, 3.05) is 47.0 Å². The number of piperazine rings is 1. The number of nitrogens with zero attached hydrogens (tertiary/aromatic N) is 3. The number of rotatable bonds is 3. The lowest BCUT2D eigenvalue weighted by atomic mass is 9.72. The fourth-order valence-electron chi connectivity index (χ4n) is 10.1. The Hall–Kier alpha value is -4.88. The highest BCUT2D eigenvalue weighted by Gasteiger charge is 2.61. The minimum Gasteiger partial charge on any atom is -0.504 e. The molecular formula is C40H42N4O10S. The Kier molecular flexibility index (Phi) is 8.36. The average molecular weight is 771 g/mol. The van der Waals surface area contributed by atoms with E-state index in [1.807, 2.05) is 31.9 Å². The first-order valence-corrected chi connectivity index (χ1v) is 19.4. The topological polar surface area (TPSA) is 172 Å². The smallest absolute Gasteiger partial charge is 0.332 e. The predicted molar refractivity (Wildman–Crippen MR) is 198 cm³/mol. The van der Waals surface area contributed by atoms with Crippen molar-refractivity contribution in [3.05, 3.63) is 62.7 Å². The first-order chi connectivity index (χ1) is 26.4. The van der Waals surface area contributed by atoms with Gasteiger partial charge in [-0.2, -0.15) is 5.26 Å². The number of carbonyl (C=O) groups is 2. The van der Waals surface area contributed by atoms with E-state index in [4.69, 9.17) is 28.4 Å². The highest BCUT2D eigenvalue weighted by atomic mass is 32.2. The number of ether oxygens (including phenoxy) is 6. The van der Waals surface area contributed by atoms with Gasteiger partial charge in [0.05, 0.1) is 37.6 Å². The molecule has 0 amide bonds.